The average Bonchev–Trinajstić information content (AvgIpc) is 3.48. The first-order chi connectivity index (χ1) is 17.2. The van der Waals surface area contributed by atoms with Crippen LogP contribution in [0.5, 0.6) is 0 Å². The first-order valence-corrected chi connectivity index (χ1v) is 11.8. The van der Waals surface area contributed by atoms with Gasteiger partial charge in [-0.05, 0) is 78.7 Å². The summed E-state index contributed by atoms with van der Waals surface area (Å²) in [4.78, 5) is 4.63. The van der Waals surface area contributed by atoms with E-state index in [0.717, 1.165) is 16.7 Å². The number of rotatable bonds is 3. The van der Waals surface area contributed by atoms with Crippen LogP contribution in [-0.4, -0.2) is 9.55 Å². The third-order valence-corrected chi connectivity index (χ3v) is 6.69. The third-order valence-electron chi connectivity index (χ3n) is 6.69. The number of benzene rings is 5. The number of hydrogen-bond acceptors (Lipinski definition) is 2. The van der Waals surface area contributed by atoms with Crippen molar-refractivity contribution in [2.24, 2.45) is 0 Å². The smallest absolute Gasteiger partial charge is 0.227 e. The Hall–Kier alpha value is -4.63. The van der Waals surface area contributed by atoms with Crippen molar-refractivity contribution < 1.29 is 4.42 Å². The van der Waals surface area contributed by atoms with Gasteiger partial charge in [0.05, 0.1) is 11.0 Å². The second-order valence-corrected chi connectivity index (χ2v) is 8.99. The van der Waals surface area contributed by atoms with Crippen LogP contribution in [0.3, 0.4) is 0 Å². The SMILES string of the molecule is Cc1ccc2c(c1)c1cc(-c3ccc(-c4nc5ccccc5o4)cc3)ccc1n2-c1ccccc1. The fourth-order valence-corrected chi connectivity index (χ4v) is 4.97. The monoisotopic (exact) mass is 450 g/mol. The fourth-order valence-electron chi connectivity index (χ4n) is 4.97. The van der Waals surface area contributed by atoms with Crippen molar-refractivity contribution in [3.8, 4) is 28.3 Å². The summed E-state index contributed by atoms with van der Waals surface area (Å²) in [7, 11) is 0. The molecule has 2 aromatic heterocycles. The van der Waals surface area contributed by atoms with Gasteiger partial charge >= 0.3 is 0 Å². The summed E-state index contributed by atoms with van der Waals surface area (Å²) >= 11 is 0. The van der Waals surface area contributed by atoms with Gasteiger partial charge in [-0.15, -0.1) is 0 Å². The molecule has 0 amide bonds. The molecule has 7 rings (SSSR count). The number of nitrogens with zero attached hydrogens (tertiary/aromatic N) is 2. The Morgan fingerprint density at radius 1 is 0.600 bits per heavy atom. The molecule has 0 radical (unpaired) electrons. The molecule has 7 aromatic rings. The van der Waals surface area contributed by atoms with Gasteiger partial charge in [0.15, 0.2) is 5.58 Å². The molecule has 5 aromatic carbocycles. The van der Waals surface area contributed by atoms with E-state index in [9.17, 15) is 0 Å². The van der Waals surface area contributed by atoms with Crippen LogP contribution in [0.4, 0.5) is 0 Å². The van der Waals surface area contributed by atoms with Gasteiger partial charge in [0.1, 0.15) is 5.52 Å². The van der Waals surface area contributed by atoms with Crippen molar-refractivity contribution in [3.63, 3.8) is 0 Å². The number of para-hydroxylation sites is 3. The van der Waals surface area contributed by atoms with E-state index in [1.807, 2.05) is 24.3 Å². The van der Waals surface area contributed by atoms with Gasteiger partial charge < -0.3 is 8.98 Å². The molecular weight excluding hydrogens is 428 g/mol. The molecule has 0 spiro atoms. The molecule has 0 fully saturated rings. The van der Waals surface area contributed by atoms with E-state index >= 15 is 0 Å². The summed E-state index contributed by atoms with van der Waals surface area (Å²) in [5.74, 6) is 0.648. The predicted octanol–water partition coefficient (Wildman–Crippen LogP) is 8.57. The fraction of sp³-hybridized carbons (Fsp3) is 0.0312. The molecule has 2 heterocycles. The number of oxazole rings is 1. The Morgan fingerprint density at radius 2 is 1.26 bits per heavy atom. The molecular formula is C32H22N2O. The highest BCUT2D eigenvalue weighted by molar-refractivity contribution is 6.10. The molecule has 0 atom stereocenters. The molecule has 0 saturated carbocycles. The zero-order valence-corrected chi connectivity index (χ0v) is 19.3. The second kappa shape index (κ2) is 7.71. The maximum absolute atomic E-state index is 5.95. The Morgan fingerprint density at radius 3 is 2.06 bits per heavy atom. The lowest BCUT2D eigenvalue weighted by atomic mass is 10.0. The van der Waals surface area contributed by atoms with E-state index in [4.69, 9.17) is 4.42 Å². The van der Waals surface area contributed by atoms with Crippen molar-refractivity contribution in [2.45, 2.75) is 6.92 Å². The summed E-state index contributed by atoms with van der Waals surface area (Å²) < 4.78 is 8.30. The first kappa shape index (κ1) is 19.8. The summed E-state index contributed by atoms with van der Waals surface area (Å²) in [6.45, 7) is 2.15. The van der Waals surface area contributed by atoms with E-state index in [2.05, 4.69) is 107 Å². The van der Waals surface area contributed by atoms with E-state index in [0.29, 0.717) is 5.89 Å². The zero-order chi connectivity index (χ0) is 23.4. The largest absolute Gasteiger partial charge is 0.436 e. The minimum atomic E-state index is 0.648. The highest BCUT2D eigenvalue weighted by Gasteiger charge is 2.14. The molecule has 35 heavy (non-hydrogen) atoms. The molecule has 0 aliphatic heterocycles. The summed E-state index contributed by atoms with van der Waals surface area (Å²) in [5.41, 5.74) is 9.88. The van der Waals surface area contributed by atoms with Crippen LogP contribution in [0.2, 0.25) is 0 Å². The maximum atomic E-state index is 5.95. The minimum Gasteiger partial charge on any atom is -0.436 e. The van der Waals surface area contributed by atoms with Gasteiger partial charge in [-0.1, -0.05) is 60.2 Å². The lowest BCUT2D eigenvalue weighted by Crippen LogP contribution is -1.93. The van der Waals surface area contributed by atoms with Crippen molar-refractivity contribution in [1.29, 1.82) is 0 Å². The van der Waals surface area contributed by atoms with Crippen molar-refractivity contribution in [2.75, 3.05) is 0 Å². The topological polar surface area (TPSA) is 31.0 Å². The second-order valence-electron chi connectivity index (χ2n) is 8.99. The van der Waals surface area contributed by atoms with Crippen LogP contribution >= 0.6 is 0 Å². The number of fused-ring (bicyclic) bond motifs is 4. The van der Waals surface area contributed by atoms with Crippen LogP contribution < -0.4 is 0 Å². The van der Waals surface area contributed by atoms with E-state index in [-0.39, 0.29) is 0 Å². The number of hydrogen-bond donors (Lipinski definition) is 0. The molecule has 3 nitrogen and oxygen atoms in total. The zero-order valence-electron chi connectivity index (χ0n) is 19.3. The van der Waals surface area contributed by atoms with Crippen molar-refractivity contribution in [3.05, 3.63) is 121 Å². The number of aryl methyl sites for hydroxylation is 1. The van der Waals surface area contributed by atoms with Gasteiger partial charge in [0.25, 0.3) is 0 Å². The highest BCUT2D eigenvalue weighted by atomic mass is 16.3. The molecule has 0 bridgehead atoms. The molecule has 0 aliphatic rings. The van der Waals surface area contributed by atoms with E-state index in [1.165, 1.54) is 44.2 Å². The van der Waals surface area contributed by atoms with Crippen LogP contribution in [0.1, 0.15) is 5.56 Å². The van der Waals surface area contributed by atoms with Gasteiger partial charge in [-0.25, -0.2) is 4.98 Å². The third kappa shape index (κ3) is 3.24. The Bertz CT molecular complexity index is 1810. The van der Waals surface area contributed by atoms with Crippen LogP contribution in [-0.2, 0) is 0 Å². The average molecular weight is 451 g/mol. The van der Waals surface area contributed by atoms with Gasteiger partial charge in [0, 0.05) is 22.0 Å². The molecule has 0 unspecified atom stereocenters. The quantitative estimate of drug-likeness (QED) is 0.270. The Kier molecular flexibility index (Phi) is 4.36. The van der Waals surface area contributed by atoms with Gasteiger partial charge in [-0.3, -0.25) is 0 Å². The molecule has 166 valence electrons. The van der Waals surface area contributed by atoms with E-state index in [1.54, 1.807) is 0 Å². The molecule has 0 N–H and O–H groups in total. The molecule has 3 heteroatoms. The standard InChI is InChI=1S/C32H22N2O/c1-21-11-17-29-26(19-21)27-20-24(16-18-30(27)34(29)25-7-3-2-4-8-25)22-12-14-23(15-13-22)32-33-28-9-5-6-10-31(28)35-32/h2-20H,1H3. The van der Waals surface area contributed by atoms with Gasteiger partial charge in [-0.2, -0.15) is 0 Å². The van der Waals surface area contributed by atoms with Crippen molar-refractivity contribution in [1.82, 2.24) is 9.55 Å². The maximum Gasteiger partial charge on any atom is 0.227 e. The number of aromatic nitrogens is 2. The highest BCUT2D eigenvalue weighted by Crippen LogP contribution is 2.36. The Balaban J connectivity index is 1.35. The summed E-state index contributed by atoms with van der Waals surface area (Å²) in [5, 5.41) is 2.53. The molecule has 0 saturated heterocycles. The van der Waals surface area contributed by atoms with Crippen molar-refractivity contribution >= 4 is 32.9 Å². The first-order valence-electron chi connectivity index (χ1n) is 11.8. The summed E-state index contributed by atoms with van der Waals surface area (Å²) in [6, 6.07) is 40.4. The van der Waals surface area contributed by atoms with Crippen LogP contribution in [0.25, 0.3) is 61.2 Å². The lowest BCUT2D eigenvalue weighted by molar-refractivity contribution is 0.620. The summed E-state index contributed by atoms with van der Waals surface area (Å²) in [6.07, 6.45) is 0. The minimum absolute atomic E-state index is 0.648. The van der Waals surface area contributed by atoms with Crippen LogP contribution in [0.15, 0.2) is 120 Å². The molecule has 0 aliphatic carbocycles. The predicted molar refractivity (Wildman–Crippen MR) is 144 cm³/mol. The normalized spacial score (nSPS) is 11.6. The lowest BCUT2D eigenvalue weighted by Gasteiger charge is -2.08. The van der Waals surface area contributed by atoms with Gasteiger partial charge in [0.2, 0.25) is 5.89 Å². The Labute approximate surface area is 202 Å². The van der Waals surface area contributed by atoms with Crippen LogP contribution in [0, 0.1) is 6.92 Å². The van der Waals surface area contributed by atoms with E-state index < -0.39 is 0 Å².